The zero-order valence-electron chi connectivity index (χ0n) is 12.7. The van der Waals surface area contributed by atoms with Gasteiger partial charge in [-0.2, -0.15) is 0 Å². The summed E-state index contributed by atoms with van der Waals surface area (Å²) >= 11 is 1.11. The van der Waals surface area contributed by atoms with Crippen molar-refractivity contribution < 1.29 is 18.3 Å². The summed E-state index contributed by atoms with van der Waals surface area (Å²) in [6.45, 7) is 0. The van der Waals surface area contributed by atoms with Crippen LogP contribution in [-0.4, -0.2) is 28.8 Å². The predicted octanol–water partition coefficient (Wildman–Crippen LogP) is 3.86. The minimum atomic E-state index is -0.438. The van der Waals surface area contributed by atoms with Gasteiger partial charge in [-0.3, -0.25) is 4.79 Å². The normalized spacial score (nSPS) is 10.6. The van der Waals surface area contributed by atoms with Crippen LogP contribution in [0.15, 0.2) is 58.2 Å². The summed E-state index contributed by atoms with van der Waals surface area (Å²) in [6, 6.07) is 13.0. The highest BCUT2D eigenvalue weighted by Crippen LogP contribution is 2.25. The molecule has 1 heterocycles. The Hall–Kier alpha value is -2.67. The molecule has 0 saturated heterocycles. The number of hydrogen-bond acceptors (Lipinski definition) is 6. The number of ether oxygens (including phenoxy) is 1. The molecular weight excluding hydrogens is 331 g/mol. The number of carbonyl (C=O) groups is 1. The van der Waals surface area contributed by atoms with Crippen LogP contribution in [0.2, 0.25) is 0 Å². The summed E-state index contributed by atoms with van der Waals surface area (Å²) in [5, 5.41) is 7.87. The van der Waals surface area contributed by atoms with Gasteiger partial charge < -0.3 is 9.15 Å². The molecule has 3 rings (SSSR count). The van der Waals surface area contributed by atoms with Crippen LogP contribution in [0.5, 0.6) is 5.75 Å². The lowest BCUT2D eigenvalue weighted by molar-refractivity contribution is 0.102. The van der Waals surface area contributed by atoms with E-state index in [1.807, 2.05) is 0 Å². The van der Waals surface area contributed by atoms with Crippen LogP contribution in [0.25, 0.3) is 11.5 Å². The SMILES string of the molecule is COc1ccc(C(=O)CSc2nnc(-c3ccccc3F)o2)cc1. The molecule has 0 aliphatic rings. The highest BCUT2D eigenvalue weighted by molar-refractivity contribution is 7.99. The van der Waals surface area contributed by atoms with E-state index in [2.05, 4.69) is 10.2 Å². The third-order valence-corrected chi connectivity index (χ3v) is 4.07. The van der Waals surface area contributed by atoms with Crippen molar-refractivity contribution in [1.82, 2.24) is 10.2 Å². The zero-order chi connectivity index (χ0) is 16.9. The molecule has 0 aliphatic carbocycles. The van der Waals surface area contributed by atoms with E-state index in [0.717, 1.165) is 11.8 Å². The first-order chi connectivity index (χ1) is 11.7. The van der Waals surface area contributed by atoms with Gasteiger partial charge in [0.1, 0.15) is 11.6 Å². The molecule has 0 spiro atoms. The summed E-state index contributed by atoms with van der Waals surface area (Å²) < 4.78 is 24.1. The molecule has 24 heavy (non-hydrogen) atoms. The average Bonchev–Trinajstić information content (AvgIpc) is 3.09. The Labute approximate surface area is 141 Å². The lowest BCUT2D eigenvalue weighted by Crippen LogP contribution is -2.02. The van der Waals surface area contributed by atoms with Crippen molar-refractivity contribution in [2.45, 2.75) is 5.22 Å². The zero-order valence-corrected chi connectivity index (χ0v) is 13.5. The molecule has 0 aliphatic heterocycles. The number of benzene rings is 2. The van der Waals surface area contributed by atoms with Crippen LogP contribution in [0.3, 0.4) is 0 Å². The monoisotopic (exact) mass is 344 g/mol. The smallest absolute Gasteiger partial charge is 0.277 e. The fourth-order valence-corrected chi connectivity index (χ4v) is 2.66. The summed E-state index contributed by atoms with van der Waals surface area (Å²) in [6.07, 6.45) is 0. The molecule has 2 aromatic carbocycles. The molecule has 7 heteroatoms. The Kier molecular flexibility index (Phi) is 4.90. The molecule has 0 fully saturated rings. The summed E-state index contributed by atoms with van der Waals surface area (Å²) in [4.78, 5) is 12.1. The van der Waals surface area contributed by atoms with Crippen molar-refractivity contribution in [3.8, 4) is 17.2 Å². The summed E-state index contributed by atoms with van der Waals surface area (Å²) in [5.74, 6) is 0.407. The van der Waals surface area contributed by atoms with Crippen molar-refractivity contribution in [2.75, 3.05) is 12.9 Å². The molecule has 0 N–H and O–H groups in total. The number of rotatable bonds is 6. The molecule has 3 aromatic rings. The van der Waals surface area contributed by atoms with Gasteiger partial charge in [-0.05, 0) is 36.4 Å². The maximum Gasteiger partial charge on any atom is 0.277 e. The second kappa shape index (κ2) is 7.27. The minimum Gasteiger partial charge on any atom is -0.497 e. The molecule has 1 aromatic heterocycles. The third kappa shape index (κ3) is 3.62. The quantitative estimate of drug-likeness (QED) is 0.500. The Bertz CT molecular complexity index is 849. The number of aromatic nitrogens is 2. The molecule has 0 saturated carbocycles. The number of Topliss-reactive ketones (excluding diaryl/α,β-unsaturated/α-hetero) is 1. The van der Waals surface area contributed by atoms with Gasteiger partial charge in [0.05, 0.1) is 18.4 Å². The fraction of sp³-hybridized carbons (Fsp3) is 0.118. The van der Waals surface area contributed by atoms with E-state index in [-0.39, 0.29) is 28.2 Å². The van der Waals surface area contributed by atoms with E-state index in [1.165, 1.54) is 6.07 Å². The highest BCUT2D eigenvalue weighted by atomic mass is 32.2. The number of hydrogen-bond donors (Lipinski definition) is 0. The highest BCUT2D eigenvalue weighted by Gasteiger charge is 2.14. The van der Waals surface area contributed by atoms with Gasteiger partial charge in [0.15, 0.2) is 5.78 Å². The second-order valence-corrected chi connectivity index (χ2v) is 5.72. The number of methoxy groups -OCH3 is 1. The van der Waals surface area contributed by atoms with E-state index in [4.69, 9.17) is 9.15 Å². The van der Waals surface area contributed by atoms with Crippen LogP contribution >= 0.6 is 11.8 Å². The molecular formula is C17H13FN2O3S. The van der Waals surface area contributed by atoms with Crippen LogP contribution in [0.1, 0.15) is 10.4 Å². The molecule has 0 unspecified atom stereocenters. The van der Waals surface area contributed by atoms with Crippen molar-refractivity contribution in [3.63, 3.8) is 0 Å². The second-order valence-electron chi connectivity index (χ2n) is 4.79. The largest absolute Gasteiger partial charge is 0.497 e. The van der Waals surface area contributed by atoms with Gasteiger partial charge in [0, 0.05) is 5.56 Å². The number of ketones is 1. The average molecular weight is 344 g/mol. The lowest BCUT2D eigenvalue weighted by atomic mass is 10.1. The lowest BCUT2D eigenvalue weighted by Gasteiger charge is -2.01. The number of nitrogens with zero attached hydrogens (tertiary/aromatic N) is 2. The standard InChI is InChI=1S/C17H13FN2O3S/c1-22-12-8-6-11(7-9-12)15(21)10-24-17-20-19-16(23-17)13-4-2-3-5-14(13)18/h2-9H,10H2,1H3. The number of thioether (sulfide) groups is 1. The minimum absolute atomic E-state index is 0.0757. The van der Waals surface area contributed by atoms with Gasteiger partial charge in [-0.15, -0.1) is 10.2 Å². The Morgan fingerprint density at radius 1 is 1.17 bits per heavy atom. The van der Waals surface area contributed by atoms with Gasteiger partial charge in [-0.25, -0.2) is 4.39 Å². The van der Waals surface area contributed by atoms with Crippen molar-refractivity contribution in [1.29, 1.82) is 0 Å². The van der Waals surface area contributed by atoms with Gasteiger partial charge in [0.25, 0.3) is 11.1 Å². The topological polar surface area (TPSA) is 65.2 Å². The van der Waals surface area contributed by atoms with Crippen LogP contribution in [0.4, 0.5) is 4.39 Å². The summed E-state index contributed by atoms with van der Waals surface area (Å²) in [5.41, 5.74) is 0.801. The van der Waals surface area contributed by atoms with Crippen LogP contribution in [-0.2, 0) is 0 Å². The number of halogens is 1. The van der Waals surface area contributed by atoms with Crippen molar-refractivity contribution in [3.05, 3.63) is 59.9 Å². The van der Waals surface area contributed by atoms with Crippen molar-refractivity contribution in [2.24, 2.45) is 0 Å². The molecule has 122 valence electrons. The molecule has 0 radical (unpaired) electrons. The first-order valence-corrected chi connectivity index (χ1v) is 8.04. The third-order valence-electron chi connectivity index (χ3n) is 3.25. The van der Waals surface area contributed by atoms with Crippen LogP contribution < -0.4 is 4.74 Å². The molecule has 0 atom stereocenters. The fourth-order valence-electron chi connectivity index (χ4n) is 2.00. The Balaban J connectivity index is 1.65. The summed E-state index contributed by atoms with van der Waals surface area (Å²) in [7, 11) is 1.56. The molecule has 5 nitrogen and oxygen atoms in total. The maximum absolute atomic E-state index is 13.7. The first kappa shape index (κ1) is 16.2. The maximum atomic E-state index is 13.7. The van der Waals surface area contributed by atoms with Crippen molar-refractivity contribution >= 4 is 17.5 Å². The van der Waals surface area contributed by atoms with Gasteiger partial charge in [0.2, 0.25) is 0 Å². The Morgan fingerprint density at radius 3 is 2.62 bits per heavy atom. The van der Waals surface area contributed by atoms with E-state index in [0.29, 0.717) is 11.3 Å². The van der Waals surface area contributed by atoms with Gasteiger partial charge in [-0.1, -0.05) is 23.9 Å². The molecule has 0 bridgehead atoms. The van der Waals surface area contributed by atoms with E-state index >= 15 is 0 Å². The van der Waals surface area contributed by atoms with Crippen LogP contribution in [0, 0.1) is 5.82 Å². The van der Waals surface area contributed by atoms with E-state index in [1.54, 1.807) is 49.6 Å². The van der Waals surface area contributed by atoms with Gasteiger partial charge >= 0.3 is 0 Å². The predicted molar refractivity (Wildman–Crippen MR) is 87.7 cm³/mol. The molecule has 0 amide bonds. The van der Waals surface area contributed by atoms with E-state index < -0.39 is 5.82 Å². The Morgan fingerprint density at radius 2 is 1.92 bits per heavy atom. The first-order valence-electron chi connectivity index (χ1n) is 7.06. The number of carbonyl (C=O) groups excluding carboxylic acids is 1. The van der Waals surface area contributed by atoms with E-state index in [9.17, 15) is 9.18 Å².